The van der Waals surface area contributed by atoms with Crippen LogP contribution in [0.4, 0.5) is 5.82 Å². The fraction of sp³-hybridized carbons (Fsp3) is 0.579. The van der Waals surface area contributed by atoms with E-state index in [0.29, 0.717) is 48.5 Å². The lowest BCUT2D eigenvalue weighted by Gasteiger charge is -2.19. The average molecular weight is 439 g/mol. The molecule has 11 heteroatoms. The highest BCUT2D eigenvalue weighted by Gasteiger charge is 2.29. The number of hydrogen-bond acceptors (Lipinski definition) is 9. The molecule has 1 unspecified atom stereocenters. The molecule has 1 atom stereocenters. The largest absolute Gasteiger partial charge is 0.382 e. The Labute approximate surface area is 176 Å². The minimum Gasteiger partial charge on any atom is -0.382 e. The van der Waals surface area contributed by atoms with Crippen molar-refractivity contribution < 1.29 is 23.1 Å². The molecule has 0 amide bonds. The molecule has 2 aromatic rings. The van der Waals surface area contributed by atoms with Gasteiger partial charge in [-0.05, 0) is 33.8 Å². The lowest BCUT2D eigenvalue weighted by atomic mass is 10.4. The van der Waals surface area contributed by atoms with Gasteiger partial charge in [0.05, 0.1) is 38.0 Å². The first-order chi connectivity index (χ1) is 14.4. The van der Waals surface area contributed by atoms with Crippen LogP contribution in [-0.2, 0) is 29.6 Å². The second kappa shape index (κ2) is 12.0. The van der Waals surface area contributed by atoms with E-state index >= 15 is 0 Å². The van der Waals surface area contributed by atoms with E-state index in [1.165, 1.54) is 6.33 Å². The van der Waals surface area contributed by atoms with Crippen LogP contribution in [0.25, 0.3) is 11.2 Å². The highest BCUT2D eigenvalue weighted by atomic mass is 31.2. The van der Waals surface area contributed by atoms with Crippen LogP contribution < -0.4 is 5.73 Å². The summed E-state index contributed by atoms with van der Waals surface area (Å²) in [4.78, 5) is 12.4. The first-order valence-electron chi connectivity index (χ1n) is 9.93. The molecule has 0 spiro atoms. The van der Waals surface area contributed by atoms with Gasteiger partial charge in [-0.25, -0.2) is 15.0 Å². The van der Waals surface area contributed by atoms with Gasteiger partial charge in [-0.2, -0.15) is 0 Å². The zero-order valence-corrected chi connectivity index (χ0v) is 18.8. The molecule has 166 valence electrons. The third-order valence-electron chi connectivity index (χ3n) is 4.01. The number of rotatable bonds is 13. The van der Waals surface area contributed by atoms with Gasteiger partial charge in [0.15, 0.2) is 17.8 Å². The Kier molecular flexibility index (Phi) is 9.65. The number of aromatic nitrogens is 4. The monoisotopic (exact) mass is 439 g/mol. The summed E-state index contributed by atoms with van der Waals surface area (Å²) in [5, 5.41) is 0.411. The summed E-state index contributed by atoms with van der Waals surface area (Å²) in [6, 6.07) is 0. The van der Waals surface area contributed by atoms with E-state index in [2.05, 4.69) is 20.7 Å². The van der Waals surface area contributed by atoms with Crippen molar-refractivity contribution in [3.63, 3.8) is 0 Å². The zero-order valence-electron chi connectivity index (χ0n) is 17.9. The molecule has 2 rings (SSSR count). The van der Waals surface area contributed by atoms with Crippen molar-refractivity contribution in [1.82, 2.24) is 19.5 Å². The Morgan fingerprint density at radius 1 is 1.20 bits per heavy atom. The van der Waals surface area contributed by atoms with E-state index in [0.717, 1.165) is 0 Å². The lowest BCUT2D eigenvalue weighted by molar-refractivity contribution is -0.126. The SMILES string of the molecule is CCOC(C)OCCC(=C=CCn1cnc2c(N)ncnc21)P(=O)(OCC)OCC. The molecule has 2 N–H and O–H groups in total. The first kappa shape index (κ1) is 24.2. The fourth-order valence-electron chi connectivity index (χ4n) is 2.72. The molecule has 0 aromatic carbocycles. The van der Waals surface area contributed by atoms with E-state index in [1.807, 2.05) is 13.8 Å². The molecule has 0 bridgehead atoms. The Hall–Kier alpha value is -2.06. The molecule has 10 nitrogen and oxygen atoms in total. The minimum atomic E-state index is -3.48. The van der Waals surface area contributed by atoms with Gasteiger partial charge < -0.3 is 28.8 Å². The number of anilines is 1. The van der Waals surface area contributed by atoms with Crippen molar-refractivity contribution in [2.24, 2.45) is 0 Å². The smallest absolute Gasteiger partial charge is 0.365 e. The number of hydrogen-bond donors (Lipinski definition) is 1. The number of ether oxygens (including phenoxy) is 2. The van der Waals surface area contributed by atoms with E-state index in [9.17, 15) is 4.57 Å². The molecule has 2 aromatic heterocycles. The van der Waals surface area contributed by atoms with Crippen LogP contribution in [0.15, 0.2) is 29.8 Å². The standard InChI is InChI=1S/C19H30N5O5P/c1-5-26-15(4)27-12-10-16(30(25,28-6-2)29-7-3)9-8-11-24-14-23-17-18(20)21-13-22-19(17)24/h8,13-15H,5-7,10-12H2,1-4H3,(H2,20,21,22). The fourth-order valence-corrected chi connectivity index (χ4v) is 4.40. The van der Waals surface area contributed by atoms with Crippen molar-refractivity contribution >= 4 is 24.6 Å². The molecule has 0 aliphatic heterocycles. The van der Waals surface area contributed by atoms with Gasteiger partial charge in [-0.15, -0.1) is 5.73 Å². The van der Waals surface area contributed by atoms with Crippen molar-refractivity contribution in [3.8, 4) is 0 Å². The number of imidazole rings is 1. The Morgan fingerprint density at radius 2 is 1.93 bits per heavy atom. The van der Waals surface area contributed by atoms with Gasteiger partial charge in [0.2, 0.25) is 0 Å². The predicted octanol–water partition coefficient (Wildman–Crippen LogP) is 3.50. The lowest BCUT2D eigenvalue weighted by Crippen LogP contribution is -2.14. The summed E-state index contributed by atoms with van der Waals surface area (Å²) in [6.45, 7) is 8.97. The third kappa shape index (κ3) is 6.47. The highest BCUT2D eigenvalue weighted by molar-refractivity contribution is 7.58. The number of nitrogen functional groups attached to an aromatic ring is 1. The van der Waals surface area contributed by atoms with E-state index in [-0.39, 0.29) is 19.5 Å². The highest BCUT2D eigenvalue weighted by Crippen LogP contribution is 2.56. The number of fused-ring (bicyclic) bond motifs is 1. The quantitative estimate of drug-likeness (QED) is 0.284. The van der Waals surface area contributed by atoms with Crippen molar-refractivity contribution in [1.29, 1.82) is 0 Å². The Balaban J connectivity index is 2.25. The molecule has 0 aliphatic carbocycles. The molecule has 30 heavy (non-hydrogen) atoms. The predicted molar refractivity (Wildman–Crippen MR) is 114 cm³/mol. The van der Waals surface area contributed by atoms with Gasteiger partial charge in [-0.1, -0.05) is 0 Å². The molecule has 2 heterocycles. The van der Waals surface area contributed by atoms with Gasteiger partial charge in [-0.3, -0.25) is 4.57 Å². The van der Waals surface area contributed by atoms with Crippen LogP contribution in [-0.4, -0.2) is 52.2 Å². The van der Waals surface area contributed by atoms with Crippen LogP contribution in [0.2, 0.25) is 0 Å². The molecular weight excluding hydrogens is 409 g/mol. The molecule has 0 radical (unpaired) electrons. The van der Waals surface area contributed by atoms with Gasteiger partial charge in [0.25, 0.3) is 0 Å². The molecule has 0 saturated carbocycles. The van der Waals surface area contributed by atoms with Gasteiger partial charge >= 0.3 is 7.60 Å². The third-order valence-corrected chi connectivity index (χ3v) is 6.22. The Bertz CT molecular complexity index is 915. The van der Waals surface area contributed by atoms with E-state index < -0.39 is 7.60 Å². The van der Waals surface area contributed by atoms with Crippen LogP contribution in [0, 0.1) is 0 Å². The van der Waals surface area contributed by atoms with Gasteiger partial charge in [0, 0.05) is 13.0 Å². The van der Waals surface area contributed by atoms with Crippen LogP contribution >= 0.6 is 7.60 Å². The van der Waals surface area contributed by atoms with Crippen molar-refractivity contribution in [2.45, 2.75) is 47.0 Å². The summed E-state index contributed by atoms with van der Waals surface area (Å²) >= 11 is 0. The second-order valence-electron chi connectivity index (χ2n) is 6.10. The maximum absolute atomic E-state index is 13.3. The summed E-state index contributed by atoms with van der Waals surface area (Å²) in [6.07, 6.45) is 4.69. The summed E-state index contributed by atoms with van der Waals surface area (Å²) in [7, 11) is -3.48. The molecule has 0 fully saturated rings. The second-order valence-corrected chi connectivity index (χ2v) is 8.15. The molecule has 0 aliphatic rings. The maximum Gasteiger partial charge on any atom is 0.365 e. The number of nitrogens with zero attached hydrogens (tertiary/aromatic N) is 4. The maximum atomic E-state index is 13.3. The van der Waals surface area contributed by atoms with Crippen LogP contribution in [0.1, 0.15) is 34.1 Å². The molecular formula is C19H30N5O5P. The van der Waals surface area contributed by atoms with E-state index in [1.54, 1.807) is 30.8 Å². The normalized spacial score (nSPS) is 12.7. The minimum absolute atomic E-state index is 0.251. The van der Waals surface area contributed by atoms with Crippen LogP contribution in [0.3, 0.4) is 0 Å². The number of nitrogens with two attached hydrogens (primary N) is 1. The van der Waals surface area contributed by atoms with Crippen LogP contribution in [0.5, 0.6) is 0 Å². The summed E-state index contributed by atoms with van der Waals surface area (Å²) < 4.78 is 37.0. The average Bonchev–Trinajstić information content (AvgIpc) is 3.12. The van der Waals surface area contributed by atoms with Gasteiger partial charge in [0.1, 0.15) is 11.8 Å². The van der Waals surface area contributed by atoms with E-state index in [4.69, 9.17) is 24.3 Å². The molecule has 0 saturated heterocycles. The Morgan fingerprint density at radius 3 is 2.60 bits per heavy atom. The summed E-state index contributed by atoms with van der Waals surface area (Å²) in [5.41, 5.74) is 10.0. The van der Waals surface area contributed by atoms with Crippen molar-refractivity contribution in [2.75, 3.05) is 32.2 Å². The summed E-state index contributed by atoms with van der Waals surface area (Å²) in [5.74, 6) is 0.316. The topological polar surface area (TPSA) is 124 Å². The first-order valence-corrected chi connectivity index (χ1v) is 11.5. The van der Waals surface area contributed by atoms with Crippen molar-refractivity contribution in [3.05, 3.63) is 29.8 Å². The zero-order chi connectivity index (χ0) is 22.0.